The number of benzene rings is 2. The molecule has 1 amide bonds. The monoisotopic (exact) mass is 446 g/mol. The number of ether oxygens (including phenoxy) is 2. The van der Waals surface area contributed by atoms with Crippen molar-refractivity contribution in [3.63, 3.8) is 0 Å². The molecule has 0 spiro atoms. The molecule has 0 radical (unpaired) electrons. The van der Waals surface area contributed by atoms with Gasteiger partial charge in [-0.25, -0.2) is 8.42 Å². The second kappa shape index (κ2) is 10.2. The lowest BCUT2D eigenvalue weighted by molar-refractivity contribution is -0.118. The van der Waals surface area contributed by atoms with Gasteiger partial charge < -0.3 is 14.8 Å². The Hall–Kier alpha value is -2.58. The molecule has 1 saturated heterocycles. The molecule has 0 aliphatic carbocycles. The lowest BCUT2D eigenvalue weighted by Crippen LogP contribution is -2.35. The van der Waals surface area contributed by atoms with Crippen molar-refractivity contribution < 1.29 is 22.7 Å². The van der Waals surface area contributed by atoms with E-state index in [0.29, 0.717) is 36.9 Å². The van der Waals surface area contributed by atoms with Crippen LogP contribution < -0.4 is 14.8 Å². The number of carbonyl (C=O) groups is 1. The zero-order valence-corrected chi connectivity index (χ0v) is 19.1. The quantitative estimate of drug-likeness (QED) is 0.665. The second-order valence-electron chi connectivity index (χ2n) is 7.72. The summed E-state index contributed by atoms with van der Waals surface area (Å²) in [5.74, 6) is 0.631. The number of piperidine rings is 1. The molecule has 2 aromatic carbocycles. The summed E-state index contributed by atoms with van der Waals surface area (Å²) >= 11 is 0. The highest BCUT2D eigenvalue weighted by Crippen LogP contribution is 2.30. The molecular formula is C23H30N2O5S. The first-order valence-corrected chi connectivity index (χ1v) is 12.0. The molecular weight excluding hydrogens is 416 g/mol. The molecule has 0 aromatic heterocycles. The molecule has 2 aromatic rings. The van der Waals surface area contributed by atoms with E-state index in [1.807, 2.05) is 39.0 Å². The average Bonchev–Trinajstić information content (AvgIpc) is 2.73. The van der Waals surface area contributed by atoms with E-state index in [4.69, 9.17) is 9.47 Å². The first kappa shape index (κ1) is 23.1. The van der Waals surface area contributed by atoms with Crippen molar-refractivity contribution in [1.82, 2.24) is 4.31 Å². The third-order valence-electron chi connectivity index (χ3n) is 5.04. The Bertz CT molecular complexity index is 1010. The molecule has 1 aliphatic rings. The molecule has 0 bridgehead atoms. The van der Waals surface area contributed by atoms with Gasteiger partial charge in [-0.2, -0.15) is 4.31 Å². The highest BCUT2D eigenvalue weighted by Gasteiger charge is 2.27. The standard InChI is InChI=1S/C23H30N2O5S/c1-4-29-22-9-8-20(31(27,28)25-10-6-5-7-11-25)15-21(22)24-23(26)16-30-19-13-17(2)12-18(3)14-19/h8-9,12-15H,4-7,10-11,16H2,1-3H3,(H,24,26). The number of hydrogen-bond acceptors (Lipinski definition) is 5. The maximum absolute atomic E-state index is 13.0. The van der Waals surface area contributed by atoms with E-state index in [-0.39, 0.29) is 11.5 Å². The van der Waals surface area contributed by atoms with Crippen LogP contribution in [0.2, 0.25) is 0 Å². The molecule has 3 rings (SSSR count). The van der Waals surface area contributed by atoms with Crippen LogP contribution in [0.25, 0.3) is 0 Å². The molecule has 1 N–H and O–H groups in total. The Morgan fingerprint density at radius 2 is 1.68 bits per heavy atom. The van der Waals surface area contributed by atoms with Gasteiger partial charge in [-0.05, 0) is 75.1 Å². The lowest BCUT2D eigenvalue weighted by atomic mass is 10.1. The molecule has 31 heavy (non-hydrogen) atoms. The van der Waals surface area contributed by atoms with Crippen LogP contribution in [0.4, 0.5) is 5.69 Å². The first-order valence-electron chi connectivity index (χ1n) is 10.6. The van der Waals surface area contributed by atoms with Gasteiger partial charge in [0.2, 0.25) is 10.0 Å². The number of hydrogen-bond donors (Lipinski definition) is 1. The molecule has 8 heteroatoms. The largest absolute Gasteiger partial charge is 0.492 e. The summed E-state index contributed by atoms with van der Waals surface area (Å²) in [5.41, 5.74) is 2.41. The van der Waals surface area contributed by atoms with Crippen LogP contribution in [-0.2, 0) is 14.8 Å². The SMILES string of the molecule is CCOc1ccc(S(=O)(=O)N2CCCCC2)cc1NC(=O)COc1cc(C)cc(C)c1. The fraction of sp³-hybridized carbons (Fsp3) is 0.435. The van der Waals surface area contributed by atoms with Gasteiger partial charge in [-0.1, -0.05) is 12.5 Å². The molecule has 0 unspecified atom stereocenters. The minimum Gasteiger partial charge on any atom is -0.492 e. The number of nitrogens with zero attached hydrogens (tertiary/aromatic N) is 1. The Morgan fingerprint density at radius 1 is 1.00 bits per heavy atom. The van der Waals surface area contributed by atoms with Gasteiger partial charge in [0.15, 0.2) is 6.61 Å². The van der Waals surface area contributed by atoms with E-state index in [9.17, 15) is 13.2 Å². The molecule has 168 valence electrons. The summed E-state index contributed by atoms with van der Waals surface area (Å²) in [6.07, 6.45) is 2.75. The number of amides is 1. The minimum atomic E-state index is -3.62. The normalized spacial score (nSPS) is 14.8. The van der Waals surface area contributed by atoms with E-state index >= 15 is 0 Å². The summed E-state index contributed by atoms with van der Waals surface area (Å²) in [7, 11) is -3.62. The topological polar surface area (TPSA) is 84.9 Å². The van der Waals surface area contributed by atoms with Gasteiger partial charge in [-0.15, -0.1) is 0 Å². The van der Waals surface area contributed by atoms with Crippen LogP contribution in [-0.4, -0.2) is 44.9 Å². The van der Waals surface area contributed by atoms with Gasteiger partial charge in [0, 0.05) is 13.1 Å². The van der Waals surface area contributed by atoms with Crippen molar-refractivity contribution >= 4 is 21.6 Å². The van der Waals surface area contributed by atoms with Crippen molar-refractivity contribution in [2.45, 2.75) is 44.9 Å². The van der Waals surface area contributed by atoms with Gasteiger partial charge in [0.1, 0.15) is 11.5 Å². The number of rotatable bonds is 8. The van der Waals surface area contributed by atoms with E-state index in [1.54, 1.807) is 6.07 Å². The number of nitrogens with one attached hydrogen (secondary N) is 1. The highest BCUT2D eigenvalue weighted by atomic mass is 32.2. The zero-order chi connectivity index (χ0) is 22.4. The predicted molar refractivity (Wildman–Crippen MR) is 120 cm³/mol. The Kier molecular flexibility index (Phi) is 7.56. The fourth-order valence-corrected chi connectivity index (χ4v) is 5.20. The maximum Gasteiger partial charge on any atom is 0.262 e. The Morgan fingerprint density at radius 3 is 2.32 bits per heavy atom. The summed E-state index contributed by atoms with van der Waals surface area (Å²) in [4.78, 5) is 12.7. The molecule has 0 saturated carbocycles. The van der Waals surface area contributed by atoms with Crippen molar-refractivity contribution in [2.24, 2.45) is 0 Å². The smallest absolute Gasteiger partial charge is 0.262 e. The summed E-state index contributed by atoms with van der Waals surface area (Å²) in [6, 6.07) is 10.3. The van der Waals surface area contributed by atoms with Crippen LogP contribution in [0.5, 0.6) is 11.5 Å². The molecule has 0 atom stereocenters. The van der Waals surface area contributed by atoms with Gasteiger partial charge in [-0.3, -0.25) is 4.79 Å². The molecule has 1 fully saturated rings. The van der Waals surface area contributed by atoms with Crippen LogP contribution >= 0.6 is 0 Å². The Balaban J connectivity index is 1.76. The summed E-state index contributed by atoms with van der Waals surface area (Å²) in [6.45, 7) is 6.97. The second-order valence-corrected chi connectivity index (χ2v) is 9.65. The fourth-order valence-electron chi connectivity index (χ4n) is 3.65. The van der Waals surface area contributed by atoms with Gasteiger partial charge in [0.25, 0.3) is 5.91 Å². The van der Waals surface area contributed by atoms with Crippen LogP contribution in [0.1, 0.15) is 37.3 Å². The highest BCUT2D eigenvalue weighted by molar-refractivity contribution is 7.89. The van der Waals surface area contributed by atoms with Crippen molar-refractivity contribution in [3.8, 4) is 11.5 Å². The van der Waals surface area contributed by atoms with E-state index < -0.39 is 15.9 Å². The van der Waals surface area contributed by atoms with Gasteiger partial charge in [0.05, 0.1) is 17.2 Å². The summed E-state index contributed by atoms with van der Waals surface area (Å²) < 4.78 is 38.7. The zero-order valence-electron chi connectivity index (χ0n) is 18.3. The van der Waals surface area contributed by atoms with Gasteiger partial charge >= 0.3 is 0 Å². The maximum atomic E-state index is 13.0. The molecule has 1 heterocycles. The lowest BCUT2D eigenvalue weighted by Gasteiger charge is -2.26. The first-order chi connectivity index (χ1) is 14.8. The molecule has 1 aliphatic heterocycles. The van der Waals surface area contributed by atoms with E-state index in [2.05, 4.69) is 5.32 Å². The Labute approximate surface area is 184 Å². The predicted octanol–water partition coefficient (Wildman–Crippen LogP) is 3.89. The van der Waals surface area contributed by atoms with E-state index in [1.165, 1.54) is 16.4 Å². The summed E-state index contributed by atoms with van der Waals surface area (Å²) in [5, 5.41) is 2.74. The van der Waals surface area contributed by atoms with Crippen LogP contribution in [0.3, 0.4) is 0 Å². The number of anilines is 1. The number of aryl methyl sites for hydroxylation is 2. The average molecular weight is 447 g/mol. The van der Waals surface area contributed by atoms with Crippen LogP contribution in [0, 0.1) is 13.8 Å². The van der Waals surface area contributed by atoms with Crippen molar-refractivity contribution in [2.75, 3.05) is 31.6 Å². The number of carbonyl (C=O) groups excluding carboxylic acids is 1. The minimum absolute atomic E-state index is 0.142. The van der Waals surface area contributed by atoms with Crippen LogP contribution in [0.15, 0.2) is 41.3 Å². The van der Waals surface area contributed by atoms with Crippen molar-refractivity contribution in [3.05, 3.63) is 47.5 Å². The van der Waals surface area contributed by atoms with Crippen molar-refractivity contribution in [1.29, 1.82) is 0 Å². The number of sulfonamides is 1. The third kappa shape index (κ3) is 5.98. The third-order valence-corrected chi connectivity index (χ3v) is 6.94. The molecule has 7 nitrogen and oxygen atoms in total. The van der Waals surface area contributed by atoms with E-state index in [0.717, 1.165) is 30.4 Å².